The lowest BCUT2D eigenvalue weighted by atomic mass is 10.1. The first kappa shape index (κ1) is 14.5. The zero-order valence-electron chi connectivity index (χ0n) is 11.7. The zero-order valence-corrected chi connectivity index (χ0v) is 12.5. The van der Waals surface area contributed by atoms with E-state index in [2.05, 4.69) is 10.1 Å². The van der Waals surface area contributed by atoms with Gasteiger partial charge in [-0.3, -0.25) is 14.5 Å². The van der Waals surface area contributed by atoms with Crippen molar-refractivity contribution in [2.75, 3.05) is 7.05 Å². The third kappa shape index (κ3) is 3.17. The molecule has 20 heavy (non-hydrogen) atoms. The summed E-state index contributed by atoms with van der Waals surface area (Å²) < 4.78 is 1.57. The Balaban J connectivity index is 2.07. The molecule has 0 saturated carbocycles. The van der Waals surface area contributed by atoms with Gasteiger partial charge in [0.1, 0.15) is 6.04 Å². The van der Waals surface area contributed by atoms with Crippen LogP contribution >= 0.6 is 11.6 Å². The summed E-state index contributed by atoms with van der Waals surface area (Å²) in [4.78, 5) is 18.1. The van der Waals surface area contributed by atoms with E-state index in [1.807, 2.05) is 19.9 Å². The van der Waals surface area contributed by atoms with Gasteiger partial charge in [-0.15, -0.1) is 0 Å². The molecule has 2 rings (SSSR count). The third-order valence-electron chi connectivity index (χ3n) is 3.24. The first-order valence-electron chi connectivity index (χ1n) is 6.33. The van der Waals surface area contributed by atoms with Gasteiger partial charge >= 0.3 is 0 Å². The molecule has 2 aromatic heterocycles. The van der Waals surface area contributed by atoms with Crippen molar-refractivity contribution in [3.8, 4) is 0 Å². The molecule has 1 atom stereocenters. The number of pyridine rings is 1. The number of rotatable bonds is 4. The summed E-state index contributed by atoms with van der Waals surface area (Å²) in [5.74, 6) is -0.0130. The van der Waals surface area contributed by atoms with Crippen molar-refractivity contribution in [1.82, 2.24) is 19.7 Å². The standard InChI is InChI=1S/C14H17ClN4O/c1-10-6-16-5-4-12(10)8-18(3)14(20)11(2)19-9-13(15)7-17-19/h4-7,9,11H,8H2,1-3H3. The van der Waals surface area contributed by atoms with Crippen LogP contribution < -0.4 is 0 Å². The number of nitrogens with zero attached hydrogens (tertiary/aromatic N) is 4. The first-order valence-corrected chi connectivity index (χ1v) is 6.71. The fourth-order valence-electron chi connectivity index (χ4n) is 1.97. The van der Waals surface area contributed by atoms with Crippen molar-refractivity contribution in [2.45, 2.75) is 26.4 Å². The molecule has 106 valence electrons. The van der Waals surface area contributed by atoms with Gasteiger partial charge < -0.3 is 4.90 Å². The minimum atomic E-state index is -0.380. The number of aromatic nitrogens is 3. The van der Waals surface area contributed by atoms with Crippen LogP contribution in [-0.2, 0) is 11.3 Å². The van der Waals surface area contributed by atoms with E-state index in [0.29, 0.717) is 11.6 Å². The van der Waals surface area contributed by atoms with E-state index >= 15 is 0 Å². The summed E-state index contributed by atoms with van der Waals surface area (Å²) >= 11 is 5.82. The van der Waals surface area contributed by atoms with Crippen LogP contribution in [0.25, 0.3) is 0 Å². The van der Waals surface area contributed by atoms with Gasteiger partial charge in [0.25, 0.3) is 0 Å². The number of carbonyl (C=O) groups excluding carboxylic acids is 1. The van der Waals surface area contributed by atoms with Crippen molar-refractivity contribution in [3.05, 3.63) is 47.0 Å². The van der Waals surface area contributed by atoms with Crippen LogP contribution in [0.2, 0.25) is 5.02 Å². The molecule has 0 aliphatic heterocycles. The maximum Gasteiger partial charge on any atom is 0.247 e. The van der Waals surface area contributed by atoms with Gasteiger partial charge in [0.15, 0.2) is 0 Å². The Labute approximate surface area is 123 Å². The van der Waals surface area contributed by atoms with Crippen molar-refractivity contribution >= 4 is 17.5 Å². The van der Waals surface area contributed by atoms with E-state index in [0.717, 1.165) is 11.1 Å². The Morgan fingerprint density at radius 3 is 2.85 bits per heavy atom. The van der Waals surface area contributed by atoms with Crippen molar-refractivity contribution in [2.24, 2.45) is 0 Å². The Morgan fingerprint density at radius 2 is 2.25 bits per heavy atom. The average molecular weight is 293 g/mol. The van der Waals surface area contributed by atoms with Gasteiger partial charge in [-0.05, 0) is 31.0 Å². The summed E-state index contributed by atoms with van der Waals surface area (Å²) in [6, 6.07) is 1.55. The highest BCUT2D eigenvalue weighted by Gasteiger charge is 2.20. The molecule has 2 heterocycles. The molecule has 0 fully saturated rings. The molecule has 0 aromatic carbocycles. The van der Waals surface area contributed by atoms with Gasteiger partial charge in [-0.2, -0.15) is 5.10 Å². The maximum atomic E-state index is 12.4. The number of aryl methyl sites for hydroxylation is 1. The predicted molar refractivity (Wildman–Crippen MR) is 77.4 cm³/mol. The lowest BCUT2D eigenvalue weighted by Gasteiger charge is -2.22. The number of hydrogen-bond acceptors (Lipinski definition) is 3. The Kier molecular flexibility index (Phi) is 4.39. The maximum absolute atomic E-state index is 12.4. The fourth-order valence-corrected chi connectivity index (χ4v) is 2.12. The summed E-state index contributed by atoms with van der Waals surface area (Å²) in [5.41, 5.74) is 2.16. The molecule has 5 nitrogen and oxygen atoms in total. The van der Waals surface area contributed by atoms with Crippen LogP contribution in [0.4, 0.5) is 0 Å². The molecular formula is C14H17ClN4O. The van der Waals surface area contributed by atoms with Crippen LogP contribution in [0.5, 0.6) is 0 Å². The molecule has 0 saturated heterocycles. The second kappa shape index (κ2) is 6.05. The van der Waals surface area contributed by atoms with Crippen LogP contribution in [-0.4, -0.2) is 32.6 Å². The van der Waals surface area contributed by atoms with E-state index in [9.17, 15) is 4.79 Å². The van der Waals surface area contributed by atoms with E-state index in [-0.39, 0.29) is 11.9 Å². The van der Waals surface area contributed by atoms with Crippen LogP contribution in [0.3, 0.4) is 0 Å². The van der Waals surface area contributed by atoms with Gasteiger partial charge in [0, 0.05) is 32.2 Å². The van der Waals surface area contributed by atoms with Gasteiger partial charge in [0.05, 0.1) is 11.2 Å². The molecule has 0 aliphatic carbocycles. The monoisotopic (exact) mass is 292 g/mol. The molecule has 1 amide bonds. The fraction of sp³-hybridized carbons (Fsp3) is 0.357. The highest BCUT2D eigenvalue weighted by atomic mass is 35.5. The average Bonchev–Trinajstić information content (AvgIpc) is 2.86. The lowest BCUT2D eigenvalue weighted by Crippen LogP contribution is -2.33. The van der Waals surface area contributed by atoms with Gasteiger partial charge in [-0.1, -0.05) is 11.6 Å². The number of carbonyl (C=O) groups is 1. The smallest absolute Gasteiger partial charge is 0.247 e. The zero-order chi connectivity index (χ0) is 14.7. The van der Waals surface area contributed by atoms with E-state index in [1.165, 1.54) is 6.20 Å². The number of hydrogen-bond donors (Lipinski definition) is 0. The highest BCUT2D eigenvalue weighted by molar-refractivity contribution is 6.30. The largest absolute Gasteiger partial charge is 0.340 e. The third-order valence-corrected chi connectivity index (χ3v) is 3.44. The Morgan fingerprint density at radius 1 is 1.50 bits per heavy atom. The van der Waals surface area contributed by atoms with Gasteiger partial charge in [0.2, 0.25) is 5.91 Å². The number of likely N-dealkylation sites (N-methyl/N-ethyl adjacent to an activating group) is 1. The Hall–Kier alpha value is -1.88. The second-order valence-corrected chi connectivity index (χ2v) is 5.25. The number of halogens is 1. The highest BCUT2D eigenvalue weighted by Crippen LogP contribution is 2.15. The molecule has 6 heteroatoms. The van der Waals surface area contributed by atoms with E-state index < -0.39 is 0 Å². The molecule has 2 aromatic rings. The molecule has 0 N–H and O–H groups in total. The van der Waals surface area contributed by atoms with E-state index in [1.54, 1.807) is 35.2 Å². The summed E-state index contributed by atoms with van der Waals surface area (Å²) in [6.07, 6.45) is 6.70. The minimum absolute atomic E-state index is 0.0130. The molecule has 0 spiro atoms. The van der Waals surface area contributed by atoms with Crippen molar-refractivity contribution in [3.63, 3.8) is 0 Å². The first-order chi connectivity index (χ1) is 9.49. The SMILES string of the molecule is Cc1cnccc1CN(C)C(=O)C(C)n1cc(Cl)cn1. The van der Waals surface area contributed by atoms with Crippen LogP contribution in [0, 0.1) is 6.92 Å². The molecular weight excluding hydrogens is 276 g/mol. The molecule has 0 radical (unpaired) electrons. The van der Waals surface area contributed by atoms with E-state index in [4.69, 9.17) is 11.6 Å². The molecule has 0 bridgehead atoms. The Bertz CT molecular complexity index is 611. The quantitative estimate of drug-likeness (QED) is 0.870. The van der Waals surface area contributed by atoms with Crippen LogP contribution in [0.1, 0.15) is 24.1 Å². The van der Waals surface area contributed by atoms with Crippen molar-refractivity contribution < 1.29 is 4.79 Å². The lowest BCUT2D eigenvalue weighted by molar-refractivity contribution is -0.133. The van der Waals surface area contributed by atoms with Crippen molar-refractivity contribution in [1.29, 1.82) is 0 Å². The molecule has 0 aliphatic rings. The van der Waals surface area contributed by atoms with Crippen LogP contribution in [0.15, 0.2) is 30.9 Å². The minimum Gasteiger partial charge on any atom is -0.340 e. The molecule has 1 unspecified atom stereocenters. The summed E-state index contributed by atoms with van der Waals surface area (Å²) in [5, 5.41) is 4.60. The predicted octanol–water partition coefficient (Wildman–Crippen LogP) is 2.46. The topological polar surface area (TPSA) is 51.0 Å². The summed E-state index contributed by atoms with van der Waals surface area (Å²) in [7, 11) is 1.78. The number of amides is 1. The van der Waals surface area contributed by atoms with Gasteiger partial charge in [-0.25, -0.2) is 0 Å². The summed E-state index contributed by atoms with van der Waals surface area (Å²) in [6.45, 7) is 4.34. The second-order valence-electron chi connectivity index (χ2n) is 4.81. The normalized spacial score (nSPS) is 12.2.